The third kappa shape index (κ3) is 6.54. The van der Waals surface area contributed by atoms with E-state index < -0.39 is 63.5 Å². The molecule has 2 aromatic carbocycles. The molecule has 3 heterocycles. The molecular weight excluding hydrogens is 659 g/mol. The van der Waals surface area contributed by atoms with Gasteiger partial charge in [-0.05, 0) is 43.5 Å². The van der Waals surface area contributed by atoms with Crippen molar-refractivity contribution < 1.29 is 78.4 Å². The van der Waals surface area contributed by atoms with Crippen LogP contribution in [0.2, 0.25) is 0 Å². The summed E-state index contributed by atoms with van der Waals surface area (Å²) in [5.41, 5.74) is -1.21. The van der Waals surface area contributed by atoms with Crippen LogP contribution in [-0.2, 0) is 35.2 Å². The number of amides is 7. The van der Waals surface area contributed by atoms with E-state index in [0.717, 1.165) is 16.7 Å². The minimum absolute atomic E-state index is 0. The number of piperazine rings is 1. The maximum absolute atomic E-state index is 13.8. The van der Waals surface area contributed by atoms with Gasteiger partial charge in [-0.15, -0.1) is 11.8 Å². The van der Waals surface area contributed by atoms with Crippen molar-refractivity contribution >= 4 is 53.8 Å². The van der Waals surface area contributed by atoms with Crippen molar-refractivity contribution in [1.82, 2.24) is 30.7 Å². The molecule has 3 aliphatic heterocycles. The van der Waals surface area contributed by atoms with E-state index in [1.807, 2.05) is 0 Å². The van der Waals surface area contributed by atoms with E-state index in [2.05, 4.69) is 16.0 Å². The number of hydrogen-bond donors (Lipinski definition) is 5. The molecule has 248 valence electrons. The number of carboxylic acids is 1. The number of carboxylic acid groups (broad SMARTS) is 1. The molecule has 5 rings (SSSR count). The van der Waals surface area contributed by atoms with Gasteiger partial charge < -0.3 is 45.9 Å². The maximum atomic E-state index is 13.8. The van der Waals surface area contributed by atoms with Gasteiger partial charge in [0.05, 0.1) is 12.0 Å². The number of urea groups is 1. The first-order chi connectivity index (χ1) is 22.2. The summed E-state index contributed by atoms with van der Waals surface area (Å²) in [6, 6.07) is 8.08. The number of nitrogens with zero attached hydrogens (tertiary/aromatic N) is 3. The second kappa shape index (κ2) is 14.0. The van der Waals surface area contributed by atoms with Crippen molar-refractivity contribution in [1.29, 1.82) is 0 Å². The summed E-state index contributed by atoms with van der Waals surface area (Å²) in [6.07, 6.45) is 0.446. The minimum Gasteiger partial charge on any atom is -0.548 e. The Balaban J connectivity index is 0.00000520. The van der Waals surface area contributed by atoms with E-state index in [9.17, 15) is 48.9 Å². The van der Waals surface area contributed by atoms with Gasteiger partial charge in [-0.25, -0.2) is 4.79 Å². The number of fused-ring (bicyclic) bond motifs is 1. The topological polar surface area (TPSA) is 229 Å². The molecule has 16 nitrogen and oxygen atoms in total. The number of β-lactam (4-membered cyclic amide) rings is 1. The van der Waals surface area contributed by atoms with Crippen molar-refractivity contribution in [2.75, 3.05) is 19.6 Å². The van der Waals surface area contributed by atoms with Crippen LogP contribution in [0.5, 0.6) is 11.5 Å². The molecule has 0 saturated carbocycles. The number of imide groups is 1. The first-order valence-corrected chi connectivity index (χ1v) is 15.3. The summed E-state index contributed by atoms with van der Waals surface area (Å²) in [6.45, 7) is 3.03. The Kier molecular flexibility index (Phi) is 10.7. The van der Waals surface area contributed by atoms with Crippen LogP contribution in [0.3, 0.4) is 0 Å². The van der Waals surface area contributed by atoms with Crippen LogP contribution in [0.1, 0.15) is 31.0 Å². The van der Waals surface area contributed by atoms with Crippen LogP contribution in [-0.4, -0.2) is 108 Å². The van der Waals surface area contributed by atoms with Crippen LogP contribution in [0.4, 0.5) is 4.79 Å². The SMILES string of the molecule is CC1(C)S[C@H]2N(C(=O)[C@@]2(NC=O)NC(=O)C(NC(=O)N2CCN(CCc3ccc(O)c(O)c3)C(=O)C2=O)c2ccccc2)[C@H]1C(=O)[O-].[Na+]. The Labute approximate surface area is 300 Å². The number of phenols is 2. The molecule has 7 amide bonds. The zero-order valence-electron chi connectivity index (χ0n) is 26.2. The molecule has 3 saturated heterocycles. The fourth-order valence-electron chi connectivity index (χ4n) is 5.90. The van der Waals surface area contributed by atoms with E-state index in [1.54, 1.807) is 38.1 Å². The first kappa shape index (κ1) is 36.5. The molecule has 0 aromatic heterocycles. The number of carbonyl (C=O) groups is 7. The number of hydrogen-bond acceptors (Lipinski definition) is 11. The second-order valence-electron chi connectivity index (χ2n) is 11.7. The van der Waals surface area contributed by atoms with Crippen molar-refractivity contribution in [3.8, 4) is 11.5 Å². The molecule has 3 fully saturated rings. The monoisotopic (exact) mass is 690 g/mol. The largest absolute Gasteiger partial charge is 1.00 e. The molecule has 0 aliphatic carbocycles. The van der Waals surface area contributed by atoms with Gasteiger partial charge in [-0.3, -0.25) is 28.9 Å². The van der Waals surface area contributed by atoms with E-state index in [-0.39, 0.29) is 79.1 Å². The number of nitrogens with one attached hydrogen (secondary N) is 3. The Bertz CT molecular complexity index is 1660. The average Bonchev–Trinajstić information content (AvgIpc) is 3.31. The molecule has 48 heavy (non-hydrogen) atoms. The van der Waals surface area contributed by atoms with Crippen molar-refractivity contribution in [2.24, 2.45) is 0 Å². The van der Waals surface area contributed by atoms with Crippen LogP contribution >= 0.6 is 11.8 Å². The number of rotatable bonds is 10. The van der Waals surface area contributed by atoms with Gasteiger partial charge in [0.15, 0.2) is 11.5 Å². The number of aliphatic carboxylic acids is 1. The average molecular weight is 691 g/mol. The van der Waals surface area contributed by atoms with Crippen molar-refractivity contribution in [3.05, 3.63) is 59.7 Å². The third-order valence-corrected chi connectivity index (χ3v) is 9.94. The van der Waals surface area contributed by atoms with Crippen LogP contribution in [0.25, 0.3) is 0 Å². The van der Waals surface area contributed by atoms with E-state index in [1.165, 1.54) is 29.2 Å². The molecule has 5 N–H and O–H groups in total. The van der Waals surface area contributed by atoms with Gasteiger partial charge in [-0.2, -0.15) is 0 Å². The predicted octanol–water partition coefficient (Wildman–Crippen LogP) is -4.86. The molecule has 0 bridgehead atoms. The molecule has 1 unspecified atom stereocenters. The molecule has 2 aromatic rings. The normalized spacial score (nSPS) is 23.3. The Morgan fingerprint density at radius 3 is 2.35 bits per heavy atom. The van der Waals surface area contributed by atoms with Crippen LogP contribution in [0, 0.1) is 0 Å². The summed E-state index contributed by atoms with van der Waals surface area (Å²) in [4.78, 5) is 92.9. The molecule has 0 spiro atoms. The third-order valence-electron chi connectivity index (χ3n) is 8.30. The van der Waals surface area contributed by atoms with Gasteiger partial charge in [-0.1, -0.05) is 36.4 Å². The fourth-order valence-corrected chi connectivity index (χ4v) is 7.55. The quantitative estimate of drug-likeness (QED) is 0.0397. The Morgan fingerprint density at radius 2 is 1.73 bits per heavy atom. The van der Waals surface area contributed by atoms with Gasteiger partial charge in [0.25, 0.3) is 5.91 Å². The molecule has 3 aliphatic rings. The summed E-state index contributed by atoms with van der Waals surface area (Å²) in [7, 11) is 0. The first-order valence-electron chi connectivity index (χ1n) is 14.4. The summed E-state index contributed by atoms with van der Waals surface area (Å²) < 4.78 is -1.04. The zero-order chi connectivity index (χ0) is 34.3. The molecule has 4 atom stereocenters. The summed E-state index contributed by atoms with van der Waals surface area (Å²) in [5.74, 6) is -6.10. The predicted molar refractivity (Wildman–Crippen MR) is 161 cm³/mol. The smallest absolute Gasteiger partial charge is 0.548 e. The van der Waals surface area contributed by atoms with Gasteiger partial charge in [0.1, 0.15) is 11.4 Å². The number of thioether (sulfide) groups is 1. The summed E-state index contributed by atoms with van der Waals surface area (Å²) in [5, 5.41) is 37.3. The zero-order valence-corrected chi connectivity index (χ0v) is 29.0. The standard InChI is InChI=1S/C30H32N6O10S.Na/c1-29(2)21(25(43)44)36-26(45)30(31-15-37,27(36)47-29)33-22(40)20(17-6-4-3-5-7-17)32-28(46)35-13-12-34(23(41)24(35)42)11-10-16-8-9-18(38)19(39)14-16;/h3-9,14-15,20-21,27,38-39H,10-13H2,1-2H3,(H,31,37)(H,32,46)(H,33,40)(H,43,44);/q;+1/p-1/t20?,21-,27+,30+;/m0./s1. The number of phenolic OH excluding ortho intramolecular Hbond substituents is 2. The van der Waals surface area contributed by atoms with Gasteiger partial charge >= 0.3 is 47.4 Å². The van der Waals surface area contributed by atoms with E-state index in [0.29, 0.717) is 10.5 Å². The minimum atomic E-state index is -2.05. The fraction of sp³-hybridized carbons (Fsp3) is 0.367. The van der Waals surface area contributed by atoms with Gasteiger partial charge in [0.2, 0.25) is 18.0 Å². The van der Waals surface area contributed by atoms with E-state index >= 15 is 0 Å². The Hall–Kier alpha value is -4.32. The number of carbonyl (C=O) groups excluding carboxylic acids is 7. The van der Waals surface area contributed by atoms with Crippen LogP contribution < -0.4 is 50.6 Å². The second-order valence-corrected chi connectivity index (χ2v) is 13.4. The number of aromatic hydroxyl groups is 2. The van der Waals surface area contributed by atoms with Crippen molar-refractivity contribution in [2.45, 2.75) is 48.1 Å². The molecular formula is C30H31N6NaO10S. The molecule has 0 radical (unpaired) electrons. The Morgan fingerprint density at radius 1 is 1.04 bits per heavy atom. The van der Waals surface area contributed by atoms with Gasteiger partial charge in [0, 0.05) is 24.4 Å². The summed E-state index contributed by atoms with van der Waals surface area (Å²) >= 11 is 1.04. The molecule has 18 heteroatoms. The van der Waals surface area contributed by atoms with Crippen molar-refractivity contribution in [3.63, 3.8) is 0 Å². The van der Waals surface area contributed by atoms with E-state index in [4.69, 9.17) is 0 Å². The number of benzene rings is 2. The van der Waals surface area contributed by atoms with Crippen LogP contribution in [0.15, 0.2) is 48.5 Å². The maximum Gasteiger partial charge on any atom is 1.00 e.